The maximum absolute atomic E-state index is 12.3. The summed E-state index contributed by atoms with van der Waals surface area (Å²) < 4.78 is 0. The Morgan fingerprint density at radius 3 is 2.19 bits per heavy atom. The van der Waals surface area contributed by atoms with Crippen LogP contribution >= 0.6 is 0 Å². The van der Waals surface area contributed by atoms with Crippen molar-refractivity contribution in [2.24, 2.45) is 5.92 Å². The lowest BCUT2D eigenvalue weighted by Crippen LogP contribution is -2.11. The van der Waals surface area contributed by atoms with Crippen molar-refractivity contribution < 1.29 is 14.7 Å². The van der Waals surface area contributed by atoms with Crippen LogP contribution in [0.4, 0.5) is 5.69 Å². The van der Waals surface area contributed by atoms with Gasteiger partial charge in [-0.25, -0.2) is 4.79 Å². The second-order valence-corrected chi connectivity index (χ2v) is 5.18. The van der Waals surface area contributed by atoms with Crippen molar-refractivity contribution >= 4 is 17.4 Å². The second-order valence-electron chi connectivity index (χ2n) is 5.18. The average Bonchev–Trinajstić information content (AvgIpc) is 2.44. The zero-order valence-corrected chi connectivity index (χ0v) is 12.8. The normalized spacial score (nSPS) is 13.2. The molecule has 4 nitrogen and oxygen atoms in total. The van der Waals surface area contributed by atoms with E-state index in [0.29, 0.717) is 5.56 Å². The molecule has 0 saturated heterocycles. The van der Waals surface area contributed by atoms with Crippen LogP contribution in [-0.2, 0) is 4.79 Å². The Labute approximate surface area is 125 Å². The molecule has 0 bridgehead atoms. The molecule has 0 aliphatic heterocycles. The van der Waals surface area contributed by atoms with Crippen molar-refractivity contribution in [3.05, 3.63) is 53.6 Å². The van der Waals surface area contributed by atoms with Gasteiger partial charge >= 0.3 is 5.97 Å². The van der Waals surface area contributed by atoms with Crippen LogP contribution in [0, 0.1) is 5.92 Å². The lowest BCUT2D eigenvalue weighted by atomic mass is 9.97. The number of anilines is 1. The van der Waals surface area contributed by atoms with Gasteiger partial charge in [-0.05, 0) is 31.2 Å². The van der Waals surface area contributed by atoms with Gasteiger partial charge < -0.3 is 10.0 Å². The molecule has 0 aromatic heterocycles. The standard InChI is InChI=1S/C17H21NO3/c1-12(5-10-16(19)20)11-13(2)17(21)14-6-8-15(9-7-14)18(3)4/h5-11,13H,1-4H3,(H,19,20)/t13-/m1/s1. The number of carboxylic acids is 1. The fourth-order valence-electron chi connectivity index (χ4n) is 1.92. The number of hydrogen-bond donors (Lipinski definition) is 1. The lowest BCUT2D eigenvalue weighted by molar-refractivity contribution is -0.131. The molecule has 21 heavy (non-hydrogen) atoms. The number of carboxylic acid groups (broad SMARTS) is 1. The number of ketones is 1. The van der Waals surface area contributed by atoms with E-state index in [9.17, 15) is 9.59 Å². The number of carbonyl (C=O) groups excluding carboxylic acids is 1. The number of carbonyl (C=O) groups is 2. The fraction of sp³-hybridized carbons (Fsp3) is 0.294. The Morgan fingerprint density at radius 2 is 1.71 bits per heavy atom. The van der Waals surface area contributed by atoms with Gasteiger partial charge in [-0.15, -0.1) is 0 Å². The van der Waals surface area contributed by atoms with E-state index in [4.69, 9.17) is 5.11 Å². The Kier molecular flexibility index (Phi) is 5.91. The van der Waals surface area contributed by atoms with Crippen LogP contribution in [-0.4, -0.2) is 31.0 Å². The van der Waals surface area contributed by atoms with Gasteiger partial charge in [-0.1, -0.05) is 24.6 Å². The van der Waals surface area contributed by atoms with Crippen molar-refractivity contribution in [1.82, 2.24) is 0 Å². The summed E-state index contributed by atoms with van der Waals surface area (Å²) in [6.45, 7) is 3.58. The van der Waals surface area contributed by atoms with Crippen molar-refractivity contribution in [1.29, 1.82) is 0 Å². The van der Waals surface area contributed by atoms with Crippen LogP contribution < -0.4 is 4.90 Å². The van der Waals surface area contributed by atoms with Crippen LogP contribution in [0.25, 0.3) is 0 Å². The van der Waals surface area contributed by atoms with E-state index in [2.05, 4.69) is 0 Å². The second kappa shape index (κ2) is 7.43. The van der Waals surface area contributed by atoms with E-state index >= 15 is 0 Å². The van der Waals surface area contributed by atoms with Crippen molar-refractivity contribution in [3.8, 4) is 0 Å². The number of nitrogens with zero attached hydrogens (tertiary/aromatic N) is 1. The van der Waals surface area contributed by atoms with E-state index in [0.717, 1.165) is 17.3 Å². The average molecular weight is 287 g/mol. The first-order valence-corrected chi connectivity index (χ1v) is 6.72. The molecular weight excluding hydrogens is 266 g/mol. The first-order chi connectivity index (χ1) is 9.81. The highest BCUT2D eigenvalue weighted by atomic mass is 16.4. The number of aliphatic carboxylic acids is 1. The fourth-order valence-corrected chi connectivity index (χ4v) is 1.92. The van der Waals surface area contributed by atoms with Crippen molar-refractivity contribution in [2.75, 3.05) is 19.0 Å². The molecule has 1 atom stereocenters. The van der Waals surface area contributed by atoms with Crippen LogP contribution in [0.2, 0.25) is 0 Å². The largest absolute Gasteiger partial charge is 0.478 e. The minimum absolute atomic E-state index is 0.0170. The number of benzene rings is 1. The van der Waals surface area contributed by atoms with Gasteiger partial charge in [0.15, 0.2) is 5.78 Å². The van der Waals surface area contributed by atoms with E-state index in [-0.39, 0.29) is 11.7 Å². The van der Waals surface area contributed by atoms with E-state index in [1.54, 1.807) is 19.9 Å². The Hall–Kier alpha value is -2.36. The third-order valence-corrected chi connectivity index (χ3v) is 3.08. The third kappa shape index (κ3) is 5.26. The summed E-state index contributed by atoms with van der Waals surface area (Å²) in [5, 5.41) is 8.57. The molecule has 0 saturated carbocycles. The molecule has 0 aliphatic rings. The molecule has 112 valence electrons. The molecule has 0 unspecified atom stereocenters. The molecule has 4 heteroatoms. The quantitative estimate of drug-likeness (QED) is 0.496. The minimum Gasteiger partial charge on any atom is -0.478 e. The summed E-state index contributed by atoms with van der Waals surface area (Å²) in [5.74, 6) is -1.28. The molecule has 1 N–H and O–H groups in total. The molecule has 0 aliphatic carbocycles. The maximum atomic E-state index is 12.3. The summed E-state index contributed by atoms with van der Waals surface area (Å²) in [4.78, 5) is 24.7. The summed E-state index contributed by atoms with van der Waals surface area (Å²) in [5.41, 5.74) is 2.44. The monoisotopic (exact) mass is 287 g/mol. The van der Waals surface area contributed by atoms with Gasteiger partial charge in [0.1, 0.15) is 0 Å². The van der Waals surface area contributed by atoms with Gasteiger partial charge in [-0.2, -0.15) is 0 Å². The molecule has 0 fully saturated rings. The van der Waals surface area contributed by atoms with E-state index in [1.807, 2.05) is 43.3 Å². The molecule has 0 heterocycles. The Bertz CT molecular complexity index is 568. The Balaban J connectivity index is 2.82. The van der Waals surface area contributed by atoms with Crippen LogP contribution in [0.15, 0.2) is 48.1 Å². The molecule has 1 aromatic rings. The number of hydrogen-bond acceptors (Lipinski definition) is 3. The summed E-state index contributed by atoms with van der Waals surface area (Å²) >= 11 is 0. The molecule has 0 amide bonds. The van der Waals surface area contributed by atoms with Crippen LogP contribution in [0.3, 0.4) is 0 Å². The van der Waals surface area contributed by atoms with Gasteiger partial charge in [0.2, 0.25) is 0 Å². The van der Waals surface area contributed by atoms with Crippen molar-refractivity contribution in [3.63, 3.8) is 0 Å². The minimum atomic E-state index is -0.999. The summed E-state index contributed by atoms with van der Waals surface area (Å²) in [6.07, 6.45) is 4.32. The summed E-state index contributed by atoms with van der Waals surface area (Å²) in [7, 11) is 3.89. The van der Waals surface area contributed by atoms with Gasteiger partial charge in [0.25, 0.3) is 0 Å². The number of Topliss-reactive ketones (excluding diaryl/α,β-unsaturated/α-hetero) is 1. The molecule has 1 rings (SSSR count). The van der Waals surface area contributed by atoms with Crippen LogP contribution in [0.1, 0.15) is 24.2 Å². The molecule has 0 radical (unpaired) electrons. The first kappa shape index (κ1) is 16.7. The van der Waals surface area contributed by atoms with E-state index in [1.165, 1.54) is 6.08 Å². The zero-order valence-electron chi connectivity index (χ0n) is 12.8. The van der Waals surface area contributed by atoms with Gasteiger partial charge in [-0.3, -0.25) is 4.79 Å². The smallest absolute Gasteiger partial charge is 0.328 e. The molecule has 0 spiro atoms. The Morgan fingerprint density at radius 1 is 1.14 bits per heavy atom. The predicted molar refractivity (Wildman–Crippen MR) is 84.8 cm³/mol. The lowest BCUT2D eigenvalue weighted by Gasteiger charge is -2.13. The maximum Gasteiger partial charge on any atom is 0.328 e. The van der Waals surface area contributed by atoms with Gasteiger partial charge in [0, 0.05) is 37.3 Å². The summed E-state index contributed by atoms with van der Waals surface area (Å²) in [6, 6.07) is 7.43. The highest BCUT2D eigenvalue weighted by Crippen LogP contribution is 2.16. The van der Waals surface area contributed by atoms with Crippen molar-refractivity contribution in [2.45, 2.75) is 13.8 Å². The van der Waals surface area contributed by atoms with E-state index < -0.39 is 5.97 Å². The topological polar surface area (TPSA) is 57.6 Å². The number of rotatable bonds is 6. The highest BCUT2D eigenvalue weighted by Gasteiger charge is 2.13. The third-order valence-electron chi connectivity index (χ3n) is 3.08. The first-order valence-electron chi connectivity index (χ1n) is 6.72. The highest BCUT2D eigenvalue weighted by molar-refractivity contribution is 5.99. The number of allylic oxidation sites excluding steroid dienone is 3. The zero-order chi connectivity index (χ0) is 16.0. The SMILES string of the molecule is CC(C=CC(=O)O)=C[C@@H](C)C(=O)c1ccc(N(C)C)cc1. The van der Waals surface area contributed by atoms with Crippen LogP contribution in [0.5, 0.6) is 0 Å². The van der Waals surface area contributed by atoms with Gasteiger partial charge in [0.05, 0.1) is 0 Å². The predicted octanol–water partition coefficient (Wildman–Crippen LogP) is 3.16. The molecular formula is C17H21NO3. The molecule has 1 aromatic carbocycles.